The molecule has 0 aromatic heterocycles. The first-order valence-corrected chi connectivity index (χ1v) is 5.25. The molecule has 0 spiro atoms. The second kappa shape index (κ2) is 3.79. The molecule has 1 aromatic carbocycles. The number of hydrogen-bond donors (Lipinski definition) is 2. The van der Waals surface area contributed by atoms with E-state index in [1.165, 1.54) is 6.42 Å². The van der Waals surface area contributed by atoms with Crippen LogP contribution in [-0.2, 0) is 6.54 Å². The van der Waals surface area contributed by atoms with Gasteiger partial charge in [0.25, 0.3) is 0 Å². The van der Waals surface area contributed by atoms with Gasteiger partial charge < -0.3 is 10.4 Å². The quantitative estimate of drug-likeness (QED) is 0.806. The van der Waals surface area contributed by atoms with Crippen LogP contribution in [0.2, 0.25) is 5.02 Å². The molecule has 2 nitrogen and oxygen atoms in total. The van der Waals surface area contributed by atoms with Gasteiger partial charge in [-0.05, 0) is 30.0 Å². The van der Waals surface area contributed by atoms with Crippen molar-refractivity contribution in [2.24, 2.45) is 5.92 Å². The van der Waals surface area contributed by atoms with Crippen LogP contribution in [0.15, 0.2) is 18.2 Å². The Balaban J connectivity index is 1.92. The third-order valence-corrected chi connectivity index (χ3v) is 2.99. The number of benzene rings is 1. The van der Waals surface area contributed by atoms with Crippen molar-refractivity contribution in [3.05, 3.63) is 28.8 Å². The fraction of sp³-hybridized carbons (Fsp3) is 0.455. The van der Waals surface area contributed by atoms with Gasteiger partial charge in [-0.1, -0.05) is 24.6 Å². The van der Waals surface area contributed by atoms with Crippen molar-refractivity contribution in [1.29, 1.82) is 0 Å². The number of halogens is 1. The van der Waals surface area contributed by atoms with E-state index < -0.39 is 0 Å². The lowest BCUT2D eigenvalue weighted by atomic mass is 10.2. The highest BCUT2D eigenvalue weighted by Gasteiger charge is 2.31. The van der Waals surface area contributed by atoms with E-state index in [0.29, 0.717) is 11.1 Å². The Bertz CT molecular complexity index is 340. The monoisotopic (exact) mass is 211 g/mol. The van der Waals surface area contributed by atoms with Gasteiger partial charge in [0, 0.05) is 12.6 Å². The molecule has 0 radical (unpaired) electrons. The van der Waals surface area contributed by atoms with Crippen molar-refractivity contribution in [1.82, 2.24) is 5.32 Å². The maximum Gasteiger partial charge on any atom is 0.134 e. The summed E-state index contributed by atoms with van der Waals surface area (Å²) >= 11 is 5.80. The Morgan fingerprint density at radius 3 is 2.86 bits per heavy atom. The van der Waals surface area contributed by atoms with E-state index in [1.807, 2.05) is 6.07 Å². The minimum absolute atomic E-state index is 0.148. The summed E-state index contributed by atoms with van der Waals surface area (Å²) in [4.78, 5) is 0. The normalized spacial score (nSPS) is 25.0. The molecule has 1 aliphatic rings. The first-order chi connectivity index (χ1) is 6.66. The number of phenolic OH excluding ortho intramolecular Hbond substituents is 1. The van der Waals surface area contributed by atoms with Gasteiger partial charge >= 0.3 is 0 Å². The molecule has 3 heteroatoms. The van der Waals surface area contributed by atoms with Gasteiger partial charge in [-0.15, -0.1) is 0 Å². The standard InChI is InChI=1S/C11H14ClNO/c1-7-4-10(7)13-6-8-2-3-11(14)9(12)5-8/h2-3,5,7,10,13-14H,4,6H2,1H3. The van der Waals surface area contributed by atoms with Crippen LogP contribution in [0.4, 0.5) is 0 Å². The largest absolute Gasteiger partial charge is 0.506 e. The summed E-state index contributed by atoms with van der Waals surface area (Å²) in [6, 6.07) is 6.00. The van der Waals surface area contributed by atoms with E-state index in [0.717, 1.165) is 18.0 Å². The summed E-state index contributed by atoms with van der Waals surface area (Å²) in [5.74, 6) is 0.956. The van der Waals surface area contributed by atoms with Crippen molar-refractivity contribution < 1.29 is 5.11 Å². The van der Waals surface area contributed by atoms with Crippen LogP contribution in [0, 0.1) is 5.92 Å². The highest BCUT2D eigenvalue weighted by molar-refractivity contribution is 6.32. The summed E-state index contributed by atoms with van der Waals surface area (Å²) in [7, 11) is 0. The Kier molecular flexibility index (Phi) is 2.66. The molecule has 14 heavy (non-hydrogen) atoms. The first kappa shape index (κ1) is 9.81. The first-order valence-electron chi connectivity index (χ1n) is 4.87. The number of phenols is 1. The lowest BCUT2D eigenvalue weighted by Gasteiger charge is -2.04. The topological polar surface area (TPSA) is 32.3 Å². The summed E-state index contributed by atoms with van der Waals surface area (Å²) in [6.07, 6.45) is 1.27. The average Bonchev–Trinajstić information content (AvgIpc) is 2.85. The Morgan fingerprint density at radius 2 is 2.29 bits per heavy atom. The fourth-order valence-corrected chi connectivity index (χ4v) is 1.72. The van der Waals surface area contributed by atoms with Crippen LogP contribution in [0.25, 0.3) is 0 Å². The summed E-state index contributed by atoms with van der Waals surface area (Å²) in [5.41, 5.74) is 1.12. The van der Waals surface area contributed by atoms with Gasteiger partial charge in [0.05, 0.1) is 5.02 Å². The van der Waals surface area contributed by atoms with Gasteiger partial charge in [0.15, 0.2) is 0 Å². The smallest absolute Gasteiger partial charge is 0.134 e. The van der Waals surface area contributed by atoms with Crippen LogP contribution in [0.3, 0.4) is 0 Å². The van der Waals surface area contributed by atoms with E-state index in [2.05, 4.69) is 12.2 Å². The summed E-state index contributed by atoms with van der Waals surface area (Å²) < 4.78 is 0. The highest BCUT2D eigenvalue weighted by Crippen LogP contribution is 2.29. The van der Waals surface area contributed by atoms with Crippen LogP contribution in [0.1, 0.15) is 18.9 Å². The SMILES string of the molecule is CC1CC1NCc1ccc(O)c(Cl)c1. The predicted molar refractivity (Wildman–Crippen MR) is 57.5 cm³/mol. The molecule has 76 valence electrons. The van der Waals surface area contributed by atoms with Crippen molar-refractivity contribution in [2.45, 2.75) is 25.9 Å². The number of rotatable bonds is 3. The summed E-state index contributed by atoms with van der Waals surface area (Å²) in [5, 5.41) is 13.1. The van der Waals surface area contributed by atoms with Gasteiger partial charge in [0.2, 0.25) is 0 Å². The van der Waals surface area contributed by atoms with E-state index >= 15 is 0 Å². The molecule has 2 N–H and O–H groups in total. The fourth-order valence-electron chi connectivity index (χ4n) is 1.52. The second-order valence-electron chi connectivity index (χ2n) is 3.99. The van der Waals surface area contributed by atoms with Crippen LogP contribution in [0.5, 0.6) is 5.75 Å². The number of hydrogen-bond acceptors (Lipinski definition) is 2. The van der Waals surface area contributed by atoms with Crippen molar-refractivity contribution in [2.75, 3.05) is 0 Å². The van der Waals surface area contributed by atoms with Crippen LogP contribution in [-0.4, -0.2) is 11.1 Å². The van der Waals surface area contributed by atoms with Gasteiger partial charge in [-0.25, -0.2) is 0 Å². The minimum Gasteiger partial charge on any atom is -0.506 e. The van der Waals surface area contributed by atoms with E-state index in [9.17, 15) is 5.11 Å². The molecule has 0 saturated heterocycles. The molecular formula is C11H14ClNO. The van der Waals surface area contributed by atoms with E-state index in [4.69, 9.17) is 11.6 Å². The zero-order valence-electron chi connectivity index (χ0n) is 8.13. The van der Waals surface area contributed by atoms with E-state index in [1.54, 1.807) is 12.1 Å². The Hall–Kier alpha value is -0.730. The zero-order chi connectivity index (χ0) is 10.1. The minimum atomic E-state index is 0.148. The predicted octanol–water partition coefficient (Wildman–Crippen LogP) is 2.54. The third-order valence-electron chi connectivity index (χ3n) is 2.69. The molecule has 1 aromatic rings. The number of nitrogens with one attached hydrogen (secondary N) is 1. The third kappa shape index (κ3) is 2.20. The molecule has 2 atom stereocenters. The molecule has 1 saturated carbocycles. The van der Waals surface area contributed by atoms with E-state index in [-0.39, 0.29) is 5.75 Å². The Morgan fingerprint density at radius 1 is 1.57 bits per heavy atom. The molecule has 0 amide bonds. The van der Waals surface area contributed by atoms with Crippen molar-refractivity contribution >= 4 is 11.6 Å². The molecular weight excluding hydrogens is 198 g/mol. The van der Waals surface area contributed by atoms with Crippen molar-refractivity contribution in [3.8, 4) is 5.75 Å². The van der Waals surface area contributed by atoms with Gasteiger partial charge in [-0.3, -0.25) is 0 Å². The lowest BCUT2D eigenvalue weighted by molar-refractivity contribution is 0.475. The molecule has 2 rings (SSSR count). The molecule has 1 fully saturated rings. The molecule has 1 aliphatic carbocycles. The number of aromatic hydroxyl groups is 1. The second-order valence-corrected chi connectivity index (χ2v) is 4.39. The van der Waals surface area contributed by atoms with Crippen LogP contribution >= 0.6 is 11.6 Å². The maximum atomic E-state index is 9.22. The molecule has 2 unspecified atom stereocenters. The van der Waals surface area contributed by atoms with Gasteiger partial charge in [-0.2, -0.15) is 0 Å². The van der Waals surface area contributed by atoms with Crippen LogP contribution < -0.4 is 5.32 Å². The highest BCUT2D eigenvalue weighted by atomic mass is 35.5. The molecule has 0 bridgehead atoms. The maximum absolute atomic E-state index is 9.22. The molecule has 0 aliphatic heterocycles. The summed E-state index contributed by atoms with van der Waals surface area (Å²) in [6.45, 7) is 3.07. The molecule has 0 heterocycles. The van der Waals surface area contributed by atoms with Gasteiger partial charge in [0.1, 0.15) is 5.75 Å². The average molecular weight is 212 g/mol. The Labute approximate surface area is 88.9 Å². The lowest BCUT2D eigenvalue weighted by Crippen LogP contribution is -2.16. The zero-order valence-corrected chi connectivity index (χ0v) is 8.88. The van der Waals surface area contributed by atoms with Crippen molar-refractivity contribution in [3.63, 3.8) is 0 Å².